The first kappa shape index (κ1) is 45.0. The van der Waals surface area contributed by atoms with Crippen LogP contribution >= 0.6 is 11.6 Å². The third-order valence-corrected chi connectivity index (χ3v) is 9.73. The van der Waals surface area contributed by atoms with Gasteiger partial charge in [0, 0.05) is 38.6 Å². The molecule has 1 aromatic heterocycles. The fourth-order valence-electron chi connectivity index (χ4n) is 6.41. The number of aliphatic hydroxyl groups is 3. The van der Waals surface area contributed by atoms with E-state index >= 15 is 0 Å². The van der Waals surface area contributed by atoms with Gasteiger partial charge in [-0.05, 0) is 63.3 Å². The number of carbonyl (C=O) groups is 3. The number of carboxylic acid groups (broad SMARTS) is 1. The number of epoxide rings is 1. The van der Waals surface area contributed by atoms with Crippen molar-refractivity contribution in [3.05, 3.63) is 65.0 Å². The maximum absolute atomic E-state index is 12.9. The van der Waals surface area contributed by atoms with Crippen LogP contribution in [-0.4, -0.2) is 105 Å². The van der Waals surface area contributed by atoms with Crippen molar-refractivity contribution >= 4 is 30.0 Å². The minimum Gasteiger partial charge on any atom is -0.483 e. The molecule has 0 spiro atoms. The number of esters is 2. The summed E-state index contributed by atoms with van der Waals surface area (Å²) >= 11 is 5.97. The molecule has 0 bridgehead atoms. The highest BCUT2D eigenvalue weighted by Gasteiger charge is 2.54. The number of allylic oxidation sites excluding steroid dienone is 2. The summed E-state index contributed by atoms with van der Waals surface area (Å²) in [7, 11) is 1.69. The number of rotatable bonds is 13. The van der Waals surface area contributed by atoms with Crippen molar-refractivity contribution in [2.24, 2.45) is 11.8 Å². The molecule has 0 aromatic carbocycles. The Morgan fingerprint density at radius 3 is 2.52 bits per heavy atom. The summed E-state index contributed by atoms with van der Waals surface area (Å²) in [5.74, 6) is -1.41. The Hall–Kier alpha value is -3.17. The quantitative estimate of drug-likeness (QED) is 0.0478. The molecule has 1 aromatic rings. The van der Waals surface area contributed by atoms with Crippen LogP contribution in [0.5, 0.6) is 0 Å². The number of hydrogen-bond donors (Lipinski definition) is 5. The van der Waals surface area contributed by atoms with Crippen LogP contribution in [0.3, 0.4) is 0 Å². The van der Waals surface area contributed by atoms with Crippen LogP contribution in [0.15, 0.2) is 54.3 Å². The zero-order valence-corrected chi connectivity index (χ0v) is 32.2. The smallest absolute Gasteiger partial charge is 0.309 e. The molecule has 1 fully saturated rings. The second-order valence-electron chi connectivity index (χ2n) is 14.0. The molecule has 1 saturated heterocycles. The van der Waals surface area contributed by atoms with E-state index in [1.54, 1.807) is 56.7 Å². The molecule has 2 aliphatic rings. The van der Waals surface area contributed by atoms with Crippen molar-refractivity contribution in [2.45, 2.75) is 135 Å². The van der Waals surface area contributed by atoms with Gasteiger partial charge in [-0.3, -0.25) is 14.4 Å². The topological polar surface area (TPSA) is 197 Å². The third-order valence-electron chi connectivity index (χ3n) is 9.50. The lowest BCUT2D eigenvalue weighted by Crippen LogP contribution is -2.52. The number of hydrogen-bond acceptors (Lipinski definition) is 12. The summed E-state index contributed by atoms with van der Waals surface area (Å²) in [5.41, 5.74) is -1.26. The fourth-order valence-corrected chi connectivity index (χ4v) is 6.52. The maximum Gasteiger partial charge on any atom is 0.309 e. The lowest BCUT2D eigenvalue weighted by atomic mass is 9.87. The lowest BCUT2D eigenvalue weighted by Gasteiger charge is -2.32. The van der Waals surface area contributed by atoms with E-state index < -0.39 is 53.4 Å². The lowest BCUT2D eigenvalue weighted by molar-refractivity contribution is -0.157. The van der Waals surface area contributed by atoms with Gasteiger partial charge >= 0.3 is 11.9 Å². The minimum absolute atomic E-state index is 0.0171. The van der Waals surface area contributed by atoms with Gasteiger partial charge in [0.15, 0.2) is 0 Å². The second-order valence-corrected chi connectivity index (χ2v) is 14.4. The van der Waals surface area contributed by atoms with Crippen molar-refractivity contribution in [1.82, 2.24) is 10.3 Å². The summed E-state index contributed by atoms with van der Waals surface area (Å²) in [6.45, 7) is 12.5. The van der Waals surface area contributed by atoms with Crippen LogP contribution in [0, 0.1) is 11.8 Å². The zero-order chi connectivity index (χ0) is 39.2. The second kappa shape index (κ2) is 20.9. The van der Waals surface area contributed by atoms with Crippen LogP contribution in [-0.2, 0) is 39.9 Å². The first-order chi connectivity index (χ1) is 24.4. The predicted octanol–water partition coefficient (Wildman–Crippen LogP) is 4.31. The monoisotopic (exact) mass is 752 g/mol. The molecule has 0 aliphatic carbocycles. The Balaban J connectivity index is 0.00000301. The van der Waals surface area contributed by atoms with Crippen LogP contribution in [0.2, 0.25) is 5.15 Å². The number of aromatic nitrogens is 1. The van der Waals surface area contributed by atoms with E-state index in [2.05, 4.69) is 24.1 Å². The van der Waals surface area contributed by atoms with Gasteiger partial charge < -0.3 is 44.7 Å². The van der Waals surface area contributed by atoms with Crippen LogP contribution in [0.25, 0.3) is 0 Å². The number of cyclic esters (lactones) is 1. The Kier molecular flexibility index (Phi) is 18.1. The largest absolute Gasteiger partial charge is 0.483 e. The summed E-state index contributed by atoms with van der Waals surface area (Å²) in [6.07, 6.45) is 7.88. The number of pyridine rings is 1. The summed E-state index contributed by atoms with van der Waals surface area (Å²) in [5, 5.41) is 44.2. The summed E-state index contributed by atoms with van der Waals surface area (Å²) in [6, 6.07) is 3.09. The van der Waals surface area contributed by atoms with Gasteiger partial charge in [0.05, 0.1) is 36.4 Å². The number of carbonyl (C=O) groups excluding carboxylic acids is 2. The van der Waals surface area contributed by atoms with E-state index in [4.69, 9.17) is 40.4 Å². The number of aliphatic hydroxyl groups excluding tert-OH is 1. The van der Waals surface area contributed by atoms with Gasteiger partial charge in [0.2, 0.25) is 0 Å². The highest BCUT2D eigenvalue weighted by molar-refractivity contribution is 6.29. The molecule has 2 aliphatic heterocycles. The highest BCUT2D eigenvalue weighted by atomic mass is 35.5. The molecule has 0 amide bonds. The molecule has 2 unspecified atom stereocenters. The van der Waals surface area contributed by atoms with Gasteiger partial charge in [0.1, 0.15) is 29.1 Å². The molecule has 14 heteroatoms. The molecule has 52 heavy (non-hydrogen) atoms. The fraction of sp³-hybridized carbons (Fsp3) is 0.632. The van der Waals surface area contributed by atoms with E-state index in [-0.39, 0.29) is 50.0 Å². The zero-order valence-electron chi connectivity index (χ0n) is 31.4. The van der Waals surface area contributed by atoms with Gasteiger partial charge in [-0.25, -0.2) is 4.98 Å². The van der Waals surface area contributed by atoms with Crippen molar-refractivity contribution in [3.63, 3.8) is 0 Å². The molecule has 3 heterocycles. The van der Waals surface area contributed by atoms with Crippen molar-refractivity contribution in [3.8, 4) is 0 Å². The van der Waals surface area contributed by atoms with E-state index in [1.807, 2.05) is 19.9 Å². The van der Waals surface area contributed by atoms with E-state index in [1.165, 1.54) is 13.8 Å². The maximum atomic E-state index is 12.9. The van der Waals surface area contributed by atoms with Crippen LogP contribution in [0.4, 0.5) is 0 Å². The number of nitrogens with one attached hydrogen (secondary N) is 1. The van der Waals surface area contributed by atoms with Crippen LogP contribution in [0.1, 0.15) is 79.7 Å². The number of methoxy groups -OCH3 is 1. The molecular weight excluding hydrogens is 696 g/mol. The van der Waals surface area contributed by atoms with E-state index in [0.717, 1.165) is 12.0 Å². The SMILES string of the molecule is CC[C@H](OC)[C@@H](C)[C@H]1O[C@@H]1C(NCc1ccc(Cl)nc1)C(C)(O)/C=C/C=C(\C)[C@@H]1OC(=O)C[C@H](O)CC[C@@](C)(O)[C@@H](OC(C)=O)/C=C/[C@@H]1C.O=CO. The van der Waals surface area contributed by atoms with Gasteiger partial charge in [-0.2, -0.15) is 0 Å². The van der Waals surface area contributed by atoms with Gasteiger partial charge in [-0.15, -0.1) is 0 Å². The van der Waals surface area contributed by atoms with E-state index in [9.17, 15) is 24.9 Å². The Morgan fingerprint density at radius 1 is 1.27 bits per heavy atom. The van der Waals surface area contributed by atoms with Crippen molar-refractivity contribution < 1.29 is 53.8 Å². The molecule has 0 saturated carbocycles. The Morgan fingerprint density at radius 2 is 1.94 bits per heavy atom. The molecule has 292 valence electrons. The van der Waals surface area contributed by atoms with Gasteiger partial charge in [0.25, 0.3) is 6.47 Å². The standard InChI is InChI=1S/C37H55ClN2O9.CH2O2/c1-9-28(46-8)24(4)33-34(49-33)35(40-21-26-13-15-30(38)39-20-26)37(7,45)17-10-11-22(2)32-23(3)12-14-29(47-25(5)41)36(6,44)18-16-27(42)19-31(43)48-32;2-1-3/h10-15,17,20,23-24,27-29,32-35,40,42,44-45H,9,16,18-19,21H2,1-8H3;1H,(H,2,3)/b14-12+,17-10+,22-11+;/t23-,24+,27+,28-,29-,32-,33+,34-,35?,36+,37?;/m0./s1. The average molecular weight is 753 g/mol. The molecule has 3 rings (SSSR count). The summed E-state index contributed by atoms with van der Waals surface area (Å²) < 4.78 is 23.1. The van der Waals surface area contributed by atoms with Crippen LogP contribution < -0.4 is 5.32 Å². The Bertz CT molecular complexity index is 1380. The third kappa shape index (κ3) is 14.0. The summed E-state index contributed by atoms with van der Waals surface area (Å²) in [4.78, 5) is 37.2. The average Bonchev–Trinajstić information content (AvgIpc) is 3.86. The first-order valence-electron chi connectivity index (χ1n) is 17.5. The normalized spacial score (nSPS) is 30.5. The molecule has 13 nitrogen and oxygen atoms in total. The first-order valence-corrected chi connectivity index (χ1v) is 17.9. The predicted molar refractivity (Wildman–Crippen MR) is 195 cm³/mol. The van der Waals surface area contributed by atoms with E-state index in [0.29, 0.717) is 17.3 Å². The molecular formula is C38H57ClN2O11. The molecule has 11 atom stereocenters. The minimum atomic E-state index is -1.46. The molecule has 5 N–H and O–H groups in total. The number of halogens is 1. The number of ether oxygens (including phenoxy) is 4. The highest BCUT2D eigenvalue weighted by Crippen LogP contribution is 2.39. The molecule has 0 radical (unpaired) electrons. The number of nitrogens with zero attached hydrogens (tertiary/aromatic N) is 1. The van der Waals surface area contributed by atoms with Gasteiger partial charge in [-0.1, -0.05) is 62.7 Å². The Labute approximate surface area is 312 Å². The van der Waals surface area contributed by atoms with Crippen molar-refractivity contribution in [2.75, 3.05) is 7.11 Å². The van der Waals surface area contributed by atoms with Crippen molar-refractivity contribution in [1.29, 1.82) is 0 Å².